The Balaban J connectivity index is 0.00000364. The summed E-state index contributed by atoms with van der Waals surface area (Å²) in [4.78, 5) is 8.91. The Morgan fingerprint density at radius 3 is 2.74 bits per heavy atom. The van der Waals surface area contributed by atoms with Gasteiger partial charge in [-0.15, -0.1) is 24.0 Å². The SMILES string of the molecule is CCNC(=NCCCOC1CCCCC1)NCCCCn1ccnc1C.I. The van der Waals surface area contributed by atoms with Crippen molar-refractivity contribution in [3.05, 3.63) is 18.2 Å². The van der Waals surface area contributed by atoms with Gasteiger partial charge in [0, 0.05) is 45.2 Å². The molecule has 0 bridgehead atoms. The van der Waals surface area contributed by atoms with Crippen LogP contribution in [0.15, 0.2) is 17.4 Å². The van der Waals surface area contributed by atoms with Gasteiger partial charge in [-0.25, -0.2) is 4.98 Å². The van der Waals surface area contributed by atoms with E-state index in [2.05, 4.69) is 32.1 Å². The van der Waals surface area contributed by atoms with Crippen molar-refractivity contribution in [3.8, 4) is 0 Å². The molecule has 0 aliphatic heterocycles. The van der Waals surface area contributed by atoms with Crippen LogP contribution in [0.3, 0.4) is 0 Å². The quantitative estimate of drug-likeness (QED) is 0.214. The van der Waals surface area contributed by atoms with E-state index in [0.717, 1.165) is 63.8 Å². The average molecular weight is 491 g/mol. The minimum absolute atomic E-state index is 0. The van der Waals surface area contributed by atoms with Crippen molar-refractivity contribution in [1.82, 2.24) is 20.2 Å². The van der Waals surface area contributed by atoms with Crippen LogP contribution in [0.4, 0.5) is 0 Å². The Morgan fingerprint density at radius 1 is 1.22 bits per heavy atom. The van der Waals surface area contributed by atoms with Crippen LogP contribution in [0.25, 0.3) is 0 Å². The molecule has 0 saturated heterocycles. The molecule has 0 amide bonds. The third-order valence-electron chi connectivity index (χ3n) is 4.86. The Morgan fingerprint density at radius 2 is 2.04 bits per heavy atom. The van der Waals surface area contributed by atoms with Crippen LogP contribution in [0, 0.1) is 6.92 Å². The number of halogens is 1. The molecule has 1 aromatic heterocycles. The molecule has 2 N–H and O–H groups in total. The van der Waals surface area contributed by atoms with Crippen LogP contribution >= 0.6 is 24.0 Å². The molecule has 7 heteroatoms. The molecule has 1 aliphatic rings. The van der Waals surface area contributed by atoms with Crippen molar-refractivity contribution in [2.45, 2.75) is 77.9 Å². The standard InChI is InChI=1S/C20H37N5O.HI/c1-3-21-20(23-12-7-8-15-25-16-14-22-18(25)2)24-13-9-17-26-19-10-5-4-6-11-19;/h14,16,19H,3-13,15,17H2,1-2H3,(H2,21,23,24);1H. The maximum atomic E-state index is 5.97. The Bertz CT molecular complexity index is 514. The third-order valence-corrected chi connectivity index (χ3v) is 4.86. The smallest absolute Gasteiger partial charge is 0.191 e. The molecule has 27 heavy (non-hydrogen) atoms. The zero-order valence-corrected chi connectivity index (χ0v) is 19.4. The largest absolute Gasteiger partial charge is 0.378 e. The van der Waals surface area contributed by atoms with Crippen molar-refractivity contribution >= 4 is 29.9 Å². The number of imidazole rings is 1. The van der Waals surface area contributed by atoms with Crippen molar-refractivity contribution in [2.75, 3.05) is 26.2 Å². The number of aliphatic imine (C=N–C) groups is 1. The summed E-state index contributed by atoms with van der Waals surface area (Å²) < 4.78 is 8.17. The van der Waals surface area contributed by atoms with Crippen LogP contribution < -0.4 is 10.6 Å². The fraction of sp³-hybridized carbons (Fsp3) is 0.800. The van der Waals surface area contributed by atoms with Gasteiger partial charge in [0.25, 0.3) is 0 Å². The molecule has 1 saturated carbocycles. The van der Waals surface area contributed by atoms with E-state index in [1.807, 2.05) is 19.3 Å². The number of hydrogen-bond donors (Lipinski definition) is 2. The summed E-state index contributed by atoms with van der Waals surface area (Å²) in [5.74, 6) is 2.01. The fourth-order valence-electron chi connectivity index (χ4n) is 3.33. The highest BCUT2D eigenvalue weighted by Crippen LogP contribution is 2.20. The molecule has 0 aromatic carbocycles. The maximum absolute atomic E-state index is 5.97. The van der Waals surface area contributed by atoms with Crippen LogP contribution in [-0.4, -0.2) is 47.9 Å². The molecule has 1 fully saturated rings. The molecule has 1 heterocycles. The molecule has 0 spiro atoms. The van der Waals surface area contributed by atoms with Gasteiger partial charge < -0.3 is 19.9 Å². The summed E-state index contributed by atoms with van der Waals surface area (Å²) >= 11 is 0. The second-order valence-electron chi connectivity index (χ2n) is 7.05. The number of nitrogens with zero attached hydrogens (tertiary/aromatic N) is 3. The lowest BCUT2D eigenvalue weighted by atomic mass is 9.98. The fourth-order valence-corrected chi connectivity index (χ4v) is 3.33. The number of ether oxygens (including phenoxy) is 1. The molecule has 6 nitrogen and oxygen atoms in total. The van der Waals surface area contributed by atoms with Gasteiger partial charge in [-0.2, -0.15) is 0 Å². The maximum Gasteiger partial charge on any atom is 0.191 e. The van der Waals surface area contributed by atoms with Crippen molar-refractivity contribution in [3.63, 3.8) is 0 Å². The molecule has 0 radical (unpaired) electrons. The van der Waals surface area contributed by atoms with Crippen molar-refractivity contribution in [1.29, 1.82) is 0 Å². The monoisotopic (exact) mass is 491 g/mol. The highest BCUT2D eigenvalue weighted by atomic mass is 127. The number of aromatic nitrogens is 2. The highest BCUT2D eigenvalue weighted by Gasteiger charge is 2.12. The number of unbranched alkanes of at least 4 members (excludes halogenated alkanes) is 1. The van der Waals surface area contributed by atoms with E-state index >= 15 is 0 Å². The number of rotatable bonds is 11. The number of nitrogens with one attached hydrogen (secondary N) is 2. The van der Waals surface area contributed by atoms with E-state index < -0.39 is 0 Å². The van der Waals surface area contributed by atoms with Crippen LogP contribution in [0.2, 0.25) is 0 Å². The molecule has 0 atom stereocenters. The van der Waals surface area contributed by atoms with Crippen LogP contribution in [-0.2, 0) is 11.3 Å². The molecule has 1 aromatic rings. The van der Waals surface area contributed by atoms with Crippen LogP contribution in [0.5, 0.6) is 0 Å². The minimum atomic E-state index is 0. The van der Waals surface area contributed by atoms with Gasteiger partial charge in [0.1, 0.15) is 5.82 Å². The first-order chi connectivity index (χ1) is 12.8. The predicted octanol–water partition coefficient (Wildman–Crippen LogP) is 3.88. The molecule has 2 rings (SSSR count). The first kappa shape index (κ1) is 24.2. The van der Waals surface area contributed by atoms with Gasteiger partial charge in [-0.1, -0.05) is 19.3 Å². The topological polar surface area (TPSA) is 63.5 Å². The highest BCUT2D eigenvalue weighted by molar-refractivity contribution is 14.0. The van der Waals surface area contributed by atoms with Gasteiger partial charge >= 0.3 is 0 Å². The van der Waals surface area contributed by atoms with Crippen molar-refractivity contribution < 1.29 is 4.74 Å². The number of hydrogen-bond acceptors (Lipinski definition) is 3. The zero-order chi connectivity index (χ0) is 18.5. The lowest BCUT2D eigenvalue weighted by Crippen LogP contribution is -2.38. The van der Waals surface area contributed by atoms with E-state index in [4.69, 9.17) is 4.74 Å². The second kappa shape index (κ2) is 15.1. The average Bonchev–Trinajstić information content (AvgIpc) is 3.07. The van der Waals surface area contributed by atoms with E-state index in [1.54, 1.807) is 0 Å². The van der Waals surface area contributed by atoms with Gasteiger partial charge in [-0.05, 0) is 46.0 Å². The molecular weight excluding hydrogens is 453 g/mol. The van der Waals surface area contributed by atoms with Gasteiger partial charge in [0.05, 0.1) is 6.10 Å². The lowest BCUT2D eigenvalue weighted by molar-refractivity contribution is 0.0281. The van der Waals surface area contributed by atoms with Crippen LogP contribution in [0.1, 0.15) is 64.1 Å². The number of aryl methyl sites for hydroxylation is 2. The van der Waals surface area contributed by atoms with E-state index in [-0.39, 0.29) is 24.0 Å². The Hall–Kier alpha value is -0.830. The summed E-state index contributed by atoms with van der Waals surface area (Å²) in [6.45, 7) is 8.65. The number of guanidine groups is 1. The third kappa shape index (κ3) is 10.3. The Labute approximate surface area is 182 Å². The van der Waals surface area contributed by atoms with E-state index in [1.165, 1.54) is 32.1 Å². The lowest BCUT2D eigenvalue weighted by Gasteiger charge is -2.21. The molecule has 0 unspecified atom stereocenters. The van der Waals surface area contributed by atoms with Crippen molar-refractivity contribution in [2.24, 2.45) is 4.99 Å². The summed E-state index contributed by atoms with van der Waals surface area (Å²) in [6.07, 6.45) is 14.2. The van der Waals surface area contributed by atoms with E-state index in [9.17, 15) is 0 Å². The van der Waals surface area contributed by atoms with E-state index in [0.29, 0.717) is 6.10 Å². The minimum Gasteiger partial charge on any atom is -0.378 e. The molecule has 156 valence electrons. The molecule has 1 aliphatic carbocycles. The second-order valence-corrected chi connectivity index (χ2v) is 7.05. The summed E-state index contributed by atoms with van der Waals surface area (Å²) in [7, 11) is 0. The summed E-state index contributed by atoms with van der Waals surface area (Å²) in [5.41, 5.74) is 0. The van der Waals surface area contributed by atoms with Gasteiger partial charge in [-0.3, -0.25) is 4.99 Å². The summed E-state index contributed by atoms with van der Waals surface area (Å²) in [5, 5.41) is 6.75. The van der Waals surface area contributed by atoms with Gasteiger partial charge in [0.2, 0.25) is 0 Å². The first-order valence-corrected chi connectivity index (χ1v) is 10.4. The summed E-state index contributed by atoms with van der Waals surface area (Å²) in [6, 6.07) is 0. The normalized spacial score (nSPS) is 15.4. The molecular formula is C20H38IN5O. The first-order valence-electron chi connectivity index (χ1n) is 10.4. The predicted molar refractivity (Wildman–Crippen MR) is 123 cm³/mol. The zero-order valence-electron chi connectivity index (χ0n) is 17.1. The Kier molecular flexibility index (Phi) is 13.6. The van der Waals surface area contributed by atoms with Gasteiger partial charge in [0.15, 0.2) is 5.96 Å².